The minimum absolute atomic E-state index is 0. The van der Waals surface area contributed by atoms with Crippen LogP contribution in [-0.4, -0.2) is 54.3 Å². The number of nitrogens with zero attached hydrogens (tertiary/aromatic N) is 2. The topological polar surface area (TPSA) is 46.5 Å². The number of piperidine rings is 1. The molecule has 1 atom stereocenters. The second kappa shape index (κ2) is 12.6. The summed E-state index contributed by atoms with van der Waals surface area (Å²) in [6, 6.07) is 5.23. The maximum Gasteiger partial charge on any atom is 0.271 e. The van der Waals surface area contributed by atoms with Crippen molar-refractivity contribution in [2.45, 2.75) is 77.9 Å². The summed E-state index contributed by atoms with van der Waals surface area (Å²) in [6.07, 6.45) is 5.63. The molecule has 1 saturated heterocycles. The number of halogens is 2. The van der Waals surface area contributed by atoms with Crippen molar-refractivity contribution >= 4 is 29.2 Å². The van der Waals surface area contributed by atoms with Crippen LogP contribution in [0.3, 0.4) is 0 Å². The summed E-state index contributed by atoms with van der Waals surface area (Å²) in [6.45, 7) is 9.53. The first-order valence-corrected chi connectivity index (χ1v) is 11.8. The zero-order valence-electron chi connectivity index (χ0n) is 20.0. The number of aryl methyl sites for hydroxylation is 2. The third kappa shape index (κ3) is 5.83. The van der Waals surface area contributed by atoms with Crippen molar-refractivity contribution in [3.05, 3.63) is 35.3 Å². The lowest BCUT2D eigenvalue weighted by Crippen LogP contribution is -2.52. The van der Waals surface area contributed by atoms with Crippen molar-refractivity contribution in [3.63, 3.8) is 0 Å². The van der Waals surface area contributed by atoms with Crippen LogP contribution in [0, 0.1) is 5.82 Å². The van der Waals surface area contributed by atoms with Gasteiger partial charge in [-0.3, -0.25) is 4.79 Å². The zero-order valence-corrected chi connectivity index (χ0v) is 20.8. The quantitative estimate of drug-likeness (QED) is 0.489. The summed E-state index contributed by atoms with van der Waals surface area (Å²) in [4.78, 5) is 16.2. The molecule has 1 aliphatic rings. The normalized spacial score (nSPS) is 16.4. The number of carbonyl (C=O) groups excluding carboxylic acids is 1. The van der Waals surface area contributed by atoms with Gasteiger partial charge in [0.2, 0.25) is 0 Å². The summed E-state index contributed by atoms with van der Waals surface area (Å²) in [7, 11) is 1.70. The van der Waals surface area contributed by atoms with E-state index in [1.807, 2.05) is 6.07 Å². The third-order valence-corrected chi connectivity index (χ3v) is 6.27. The Bertz CT molecular complexity index is 878. The van der Waals surface area contributed by atoms with Gasteiger partial charge in [-0.2, -0.15) is 0 Å². The lowest BCUT2D eigenvalue weighted by Gasteiger charge is -2.38. The highest BCUT2D eigenvalue weighted by Gasteiger charge is 2.32. The van der Waals surface area contributed by atoms with Crippen LogP contribution < -0.4 is 5.32 Å². The molecule has 0 bridgehead atoms. The van der Waals surface area contributed by atoms with Crippen molar-refractivity contribution in [1.29, 1.82) is 0 Å². The number of amides is 1. The average molecular weight is 468 g/mol. The smallest absolute Gasteiger partial charge is 0.271 e. The molecule has 180 valence electrons. The molecule has 1 aromatic heterocycles. The number of methoxy groups -OCH3 is 1. The predicted molar refractivity (Wildman–Crippen MR) is 131 cm³/mol. The van der Waals surface area contributed by atoms with Gasteiger partial charge in [-0.15, -0.1) is 12.4 Å². The standard InChI is InChI=1S/C25H38FN3O2.ClH/c1-5-9-22-21-12-11-19(26)16-23(21)28(14-6-7-15-31-4)24(22)25(30)29(18(2)3)20-10-8-13-27-17-20;/h11-12,16,18,20,27H,5-10,13-15,17H2,1-4H3;1H/t20-;/m1./s1. The van der Waals surface area contributed by atoms with Gasteiger partial charge in [0.25, 0.3) is 5.91 Å². The molecular formula is C25H39ClFN3O2. The van der Waals surface area contributed by atoms with Gasteiger partial charge in [0.05, 0.1) is 5.52 Å². The number of fused-ring (bicyclic) bond motifs is 1. The molecule has 2 heterocycles. The van der Waals surface area contributed by atoms with Gasteiger partial charge in [0.1, 0.15) is 11.5 Å². The summed E-state index contributed by atoms with van der Waals surface area (Å²) in [5, 5.41) is 4.45. The van der Waals surface area contributed by atoms with Crippen LogP contribution in [0.2, 0.25) is 0 Å². The van der Waals surface area contributed by atoms with Crippen LogP contribution in [0.4, 0.5) is 4.39 Å². The Morgan fingerprint density at radius 3 is 2.75 bits per heavy atom. The summed E-state index contributed by atoms with van der Waals surface area (Å²) >= 11 is 0. The van der Waals surface area contributed by atoms with Gasteiger partial charge in [0, 0.05) is 44.3 Å². The van der Waals surface area contributed by atoms with Gasteiger partial charge in [-0.05, 0) is 76.3 Å². The molecule has 0 spiro atoms. The minimum atomic E-state index is -0.262. The third-order valence-electron chi connectivity index (χ3n) is 6.27. The van der Waals surface area contributed by atoms with E-state index in [1.54, 1.807) is 13.2 Å². The largest absolute Gasteiger partial charge is 0.385 e. The van der Waals surface area contributed by atoms with E-state index in [0.29, 0.717) is 13.2 Å². The molecule has 1 amide bonds. The summed E-state index contributed by atoms with van der Waals surface area (Å²) < 4.78 is 21.5. The molecule has 1 fully saturated rings. The Balaban J connectivity index is 0.00000363. The van der Waals surface area contributed by atoms with Crippen LogP contribution in [0.5, 0.6) is 0 Å². The van der Waals surface area contributed by atoms with Crippen molar-refractivity contribution < 1.29 is 13.9 Å². The number of hydrogen-bond donors (Lipinski definition) is 1. The van der Waals surface area contributed by atoms with Gasteiger partial charge in [-0.25, -0.2) is 4.39 Å². The highest BCUT2D eigenvalue weighted by molar-refractivity contribution is 6.02. The molecule has 0 unspecified atom stereocenters. The van der Waals surface area contributed by atoms with E-state index in [-0.39, 0.29) is 36.2 Å². The average Bonchev–Trinajstić information content (AvgIpc) is 3.04. The van der Waals surface area contributed by atoms with Crippen molar-refractivity contribution in [3.8, 4) is 0 Å². The predicted octanol–water partition coefficient (Wildman–Crippen LogP) is 5.18. The number of nitrogens with one attached hydrogen (secondary N) is 1. The summed E-state index contributed by atoms with van der Waals surface area (Å²) in [5.41, 5.74) is 2.64. The number of ether oxygens (including phenoxy) is 1. The number of aromatic nitrogens is 1. The number of benzene rings is 1. The fourth-order valence-electron chi connectivity index (χ4n) is 4.91. The lowest BCUT2D eigenvalue weighted by atomic mass is 10.0. The Morgan fingerprint density at radius 1 is 1.34 bits per heavy atom. The van der Waals surface area contributed by atoms with Crippen LogP contribution in [0.1, 0.15) is 68.9 Å². The van der Waals surface area contributed by atoms with E-state index in [4.69, 9.17) is 4.74 Å². The molecule has 7 heteroatoms. The molecule has 0 saturated carbocycles. The van der Waals surface area contributed by atoms with Crippen molar-refractivity contribution in [2.75, 3.05) is 26.8 Å². The first-order valence-electron chi connectivity index (χ1n) is 11.8. The van der Waals surface area contributed by atoms with E-state index in [9.17, 15) is 9.18 Å². The van der Waals surface area contributed by atoms with Gasteiger partial charge >= 0.3 is 0 Å². The number of carbonyl (C=O) groups is 1. The second-order valence-electron chi connectivity index (χ2n) is 8.90. The monoisotopic (exact) mass is 467 g/mol. The molecule has 5 nitrogen and oxygen atoms in total. The Morgan fingerprint density at radius 2 is 2.12 bits per heavy atom. The Labute approximate surface area is 198 Å². The molecule has 32 heavy (non-hydrogen) atoms. The highest BCUT2D eigenvalue weighted by Crippen LogP contribution is 2.31. The van der Waals surface area contributed by atoms with E-state index >= 15 is 0 Å². The molecule has 1 N–H and O–H groups in total. The van der Waals surface area contributed by atoms with E-state index in [0.717, 1.165) is 73.8 Å². The first-order chi connectivity index (χ1) is 15.0. The molecule has 2 aromatic rings. The van der Waals surface area contributed by atoms with Gasteiger partial charge in [0.15, 0.2) is 0 Å². The minimum Gasteiger partial charge on any atom is -0.385 e. The van der Waals surface area contributed by atoms with Gasteiger partial charge in [-0.1, -0.05) is 13.3 Å². The summed E-state index contributed by atoms with van der Waals surface area (Å²) in [5.74, 6) is -0.183. The zero-order chi connectivity index (χ0) is 22.4. The molecule has 3 rings (SSSR count). The van der Waals surface area contributed by atoms with E-state index < -0.39 is 0 Å². The molecule has 1 aromatic carbocycles. The van der Waals surface area contributed by atoms with E-state index in [1.165, 1.54) is 6.07 Å². The lowest BCUT2D eigenvalue weighted by molar-refractivity contribution is 0.0561. The van der Waals surface area contributed by atoms with Crippen LogP contribution >= 0.6 is 12.4 Å². The first kappa shape index (κ1) is 26.6. The number of rotatable bonds is 10. The maximum atomic E-state index is 14.2. The van der Waals surface area contributed by atoms with Crippen LogP contribution in [0.25, 0.3) is 10.9 Å². The maximum absolute atomic E-state index is 14.2. The molecule has 1 aliphatic heterocycles. The molecular weight excluding hydrogens is 429 g/mol. The van der Waals surface area contributed by atoms with Crippen molar-refractivity contribution in [2.24, 2.45) is 0 Å². The van der Waals surface area contributed by atoms with Crippen LogP contribution in [-0.2, 0) is 17.7 Å². The Hall–Kier alpha value is -1.63. The Kier molecular flexibility index (Phi) is 10.5. The second-order valence-corrected chi connectivity index (χ2v) is 8.90. The van der Waals surface area contributed by atoms with E-state index in [2.05, 4.69) is 35.6 Å². The molecule has 0 aliphatic carbocycles. The van der Waals surface area contributed by atoms with Gasteiger partial charge < -0.3 is 19.5 Å². The SMILES string of the molecule is CCCc1c(C(=O)N(C(C)C)[C@@H]2CCCNC2)n(CCCCOC)c2cc(F)ccc12.Cl. The number of unbranched alkanes of at least 4 members (excludes halogenated alkanes) is 1. The fourth-order valence-corrected chi connectivity index (χ4v) is 4.91. The number of hydrogen-bond acceptors (Lipinski definition) is 3. The highest BCUT2D eigenvalue weighted by atomic mass is 35.5. The van der Waals surface area contributed by atoms with Crippen LogP contribution in [0.15, 0.2) is 18.2 Å². The molecule has 0 radical (unpaired) electrons. The fraction of sp³-hybridized carbons (Fsp3) is 0.640. The van der Waals surface area contributed by atoms with Crippen molar-refractivity contribution in [1.82, 2.24) is 14.8 Å².